The van der Waals surface area contributed by atoms with Crippen LogP contribution in [0.2, 0.25) is 0 Å². The Morgan fingerprint density at radius 1 is 0.967 bits per heavy atom. The number of carbonyl (C=O) groups excluding carboxylic acids is 2. The van der Waals surface area contributed by atoms with Crippen LogP contribution in [0.15, 0.2) is 84.6 Å². The number of nitrogens with one attached hydrogen (secondary N) is 1. The minimum atomic E-state index is -0.713. The van der Waals surface area contributed by atoms with Crippen molar-refractivity contribution in [2.24, 2.45) is 0 Å². The Kier molecular flexibility index (Phi) is 6.34. The van der Waals surface area contributed by atoms with Crippen LogP contribution in [0.1, 0.15) is 15.9 Å². The van der Waals surface area contributed by atoms with Gasteiger partial charge in [0.2, 0.25) is 0 Å². The van der Waals surface area contributed by atoms with Gasteiger partial charge in [0.15, 0.2) is 0 Å². The molecule has 0 bridgehead atoms. The molecule has 0 aliphatic carbocycles. The molecule has 0 saturated carbocycles. The van der Waals surface area contributed by atoms with Crippen LogP contribution in [0.5, 0.6) is 0 Å². The van der Waals surface area contributed by atoms with Crippen molar-refractivity contribution in [2.75, 3.05) is 7.11 Å². The lowest BCUT2D eigenvalue weighted by molar-refractivity contribution is -0.384. The highest BCUT2D eigenvalue weighted by atomic mass is 16.6. The summed E-state index contributed by atoms with van der Waals surface area (Å²) in [7, 11) is 1.22. The summed E-state index contributed by atoms with van der Waals surface area (Å²) in [5, 5.41) is 13.9. The molecule has 3 aromatic carbocycles. The molecule has 0 heterocycles. The van der Waals surface area contributed by atoms with E-state index in [0.29, 0.717) is 22.3 Å². The number of hydrogen-bond donors (Lipinski definition) is 1. The summed E-state index contributed by atoms with van der Waals surface area (Å²) in [6, 6.07) is 21.7. The van der Waals surface area contributed by atoms with Gasteiger partial charge >= 0.3 is 5.97 Å². The molecular formula is C23H18N2O5. The van der Waals surface area contributed by atoms with Gasteiger partial charge in [-0.2, -0.15) is 0 Å². The van der Waals surface area contributed by atoms with Gasteiger partial charge in [0, 0.05) is 11.6 Å². The summed E-state index contributed by atoms with van der Waals surface area (Å²) in [5.41, 5.74) is 1.94. The number of ether oxygens (including phenoxy) is 1. The van der Waals surface area contributed by atoms with Crippen LogP contribution in [0.4, 0.5) is 5.69 Å². The quantitative estimate of drug-likeness (QED) is 0.288. The third-order valence-corrected chi connectivity index (χ3v) is 4.30. The minimum absolute atomic E-state index is 0.0239. The van der Waals surface area contributed by atoms with Gasteiger partial charge in [0.05, 0.1) is 17.6 Å². The van der Waals surface area contributed by atoms with E-state index in [1.54, 1.807) is 72.8 Å². The van der Waals surface area contributed by atoms with Gasteiger partial charge in [-0.3, -0.25) is 14.9 Å². The largest absolute Gasteiger partial charge is 0.464 e. The molecular weight excluding hydrogens is 384 g/mol. The van der Waals surface area contributed by atoms with Crippen molar-refractivity contribution in [3.63, 3.8) is 0 Å². The van der Waals surface area contributed by atoms with Gasteiger partial charge in [0.1, 0.15) is 5.70 Å². The molecule has 3 aromatic rings. The number of methoxy groups -OCH3 is 1. The Bertz CT molecular complexity index is 1120. The average Bonchev–Trinajstić information content (AvgIpc) is 2.78. The first-order valence-electron chi connectivity index (χ1n) is 9.00. The second kappa shape index (κ2) is 9.29. The number of esters is 1. The van der Waals surface area contributed by atoms with Crippen molar-refractivity contribution in [3.05, 3.63) is 106 Å². The molecule has 0 atom stereocenters. The molecule has 3 rings (SSSR count). The van der Waals surface area contributed by atoms with Gasteiger partial charge in [0.25, 0.3) is 11.6 Å². The van der Waals surface area contributed by atoms with E-state index in [1.807, 2.05) is 0 Å². The molecule has 0 aliphatic rings. The number of amides is 1. The smallest absolute Gasteiger partial charge is 0.354 e. The highest BCUT2D eigenvalue weighted by Crippen LogP contribution is 2.30. The van der Waals surface area contributed by atoms with Gasteiger partial charge in [-0.05, 0) is 41.5 Å². The number of carbonyl (C=O) groups is 2. The Balaban J connectivity index is 1.97. The first-order chi connectivity index (χ1) is 14.5. The number of nitro groups is 1. The lowest BCUT2D eigenvalue weighted by atomic mass is 10.0. The van der Waals surface area contributed by atoms with Crippen LogP contribution in [0, 0.1) is 10.1 Å². The molecule has 0 aromatic heterocycles. The Hall–Kier alpha value is -4.26. The predicted molar refractivity (Wildman–Crippen MR) is 112 cm³/mol. The zero-order chi connectivity index (χ0) is 21.5. The zero-order valence-electron chi connectivity index (χ0n) is 16.1. The summed E-state index contributed by atoms with van der Waals surface area (Å²) in [6.07, 6.45) is 1.46. The molecule has 0 unspecified atom stereocenters. The number of para-hydroxylation sites is 1. The molecule has 7 nitrogen and oxygen atoms in total. The van der Waals surface area contributed by atoms with Gasteiger partial charge < -0.3 is 10.1 Å². The van der Waals surface area contributed by atoms with Crippen molar-refractivity contribution in [1.29, 1.82) is 0 Å². The lowest BCUT2D eigenvalue weighted by Crippen LogP contribution is -2.28. The van der Waals surface area contributed by atoms with Gasteiger partial charge in [-0.15, -0.1) is 0 Å². The highest BCUT2D eigenvalue weighted by molar-refractivity contribution is 6.03. The maximum absolute atomic E-state index is 12.4. The van der Waals surface area contributed by atoms with Crippen LogP contribution in [-0.4, -0.2) is 23.9 Å². The lowest BCUT2D eigenvalue weighted by Gasteiger charge is -2.09. The van der Waals surface area contributed by atoms with E-state index < -0.39 is 16.8 Å². The van der Waals surface area contributed by atoms with Gasteiger partial charge in [-0.25, -0.2) is 4.79 Å². The summed E-state index contributed by atoms with van der Waals surface area (Å²) >= 11 is 0. The molecule has 0 radical (unpaired) electrons. The zero-order valence-corrected chi connectivity index (χ0v) is 16.1. The third kappa shape index (κ3) is 4.77. The van der Waals surface area contributed by atoms with Crippen molar-refractivity contribution in [1.82, 2.24) is 5.32 Å². The van der Waals surface area contributed by atoms with E-state index in [0.717, 1.165) is 0 Å². The van der Waals surface area contributed by atoms with Crippen LogP contribution in [0.25, 0.3) is 17.2 Å². The summed E-state index contributed by atoms with van der Waals surface area (Å²) in [5.74, 6) is -1.17. The van der Waals surface area contributed by atoms with Crippen molar-refractivity contribution >= 4 is 23.6 Å². The highest BCUT2D eigenvalue weighted by Gasteiger charge is 2.16. The number of nitro benzene ring substituents is 1. The van der Waals surface area contributed by atoms with Gasteiger partial charge in [-0.1, -0.05) is 48.5 Å². The van der Waals surface area contributed by atoms with Crippen molar-refractivity contribution < 1.29 is 19.2 Å². The summed E-state index contributed by atoms with van der Waals surface area (Å²) in [4.78, 5) is 35.5. The van der Waals surface area contributed by atoms with Crippen LogP contribution >= 0.6 is 0 Å². The second-order valence-electron chi connectivity index (χ2n) is 6.27. The first kappa shape index (κ1) is 20.5. The van der Waals surface area contributed by atoms with E-state index in [9.17, 15) is 19.7 Å². The van der Waals surface area contributed by atoms with Crippen LogP contribution < -0.4 is 5.32 Å². The molecule has 150 valence electrons. The van der Waals surface area contributed by atoms with Crippen molar-refractivity contribution in [3.8, 4) is 11.1 Å². The molecule has 0 saturated heterocycles. The van der Waals surface area contributed by atoms with Crippen LogP contribution in [0.3, 0.4) is 0 Å². The molecule has 30 heavy (non-hydrogen) atoms. The molecule has 7 heteroatoms. The number of benzene rings is 3. The SMILES string of the molecule is COC(=O)/C(=C/c1cccc(-c2ccccc2[N+](=O)[O-])c1)NC(=O)c1ccccc1. The fourth-order valence-electron chi connectivity index (χ4n) is 2.88. The summed E-state index contributed by atoms with van der Waals surface area (Å²) < 4.78 is 4.78. The molecule has 0 spiro atoms. The van der Waals surface area contributed by atoms with E-state index in [1.165, 1.54) is 19.3 Å². The Morgan fingerprint density at radius 2 is 1.67 bits per heavy atom. The molecule has 0 fully saturated rings. The van der Waals surface area contributed by atoms with E-state index in [2.05, 4.69) is 5.32 Å². The second-order valence-corrected chi connectivity index (χ2v) is 6.27. The standard InChI is InChI=1S/C23H18N2O5/c1-30-23(27)20(24-22(26)17-9-3-2-4-10-17)15-16-8-7-11-18(14-16)19-12-5-6-13-21(19)25(28)29/h2-15H,1H3,(H,24,26)/b20-15-. The fraction of sp³-hybridized carbons (Fsp3) is 0.0435. The first-order valence-corrected chi connectivity index (χ1v) is 9.00. The fourth-order valence-corrected chi connectivity index (χ4v) is 2.88. The monoisotopic (exact) mass is 402 g/mol. The topological polar surface area (TPSA) is 98.5 Å². The average molecular weight is 402 g/mol. The van der Waals surface area contributed by atoms with E-state index in [-0.39, 0.29) is 11.4 Å². The summed E-state index contributed by atoms with van der Waals surface area (Å²) in [6.45, 7) is 0. The normalized spacial score (nSPS) is 10.9. The maximum Gasteiger partial charge on any atom is 0.354 e. The number of hydrogen-bond acceptors (Lipinski definition) is 5. The molecule has 1 amide bonds. The minimum Gasteiger partial charge on any atom is -0.464 e. The molecule has 1 N–H and O–H groups in total. The molecule has 0 aliphatic heterocycles. The predicted octanol–water partition coefficient (Wildman–Crippen LogP) is 4.21. The Labute approximate surface area is 172 Å². The Morgan fingerprint density at radius 3 is 2.37 bits per heavy atom. The van der Waals surface area contributed by atoms with Crippen molar-refractivity contribution in [2.45, 2.75) is 0 Å². The van der Waals surface area contributed by atoms with Crippen LogP contribution in [-0.2, 0) is 9.53 Å². The maximum atomic E-state index is 12.4. The van der Waals surface area contributed by atoms with E-state index >= 15 is 0 Å². The number of rotatable bonds is 6. The number of nitrogens with zero attached hydrogens (tertiary/aromatic N) is 1. The third-order valence-electron chi connectivity index (χ3n) is 4.30. The van der Waals surface area contributed by atoms with E-state index in [4.69, 9.17) is 4.74 Å².